The molecular formula is C29H43F11O8. The van der Waals surface area contributed by atoms with Crippen LogP contribution in [0.25, 0.3) is 0 Å². The van der Waals surface area contributed by atoms with E-state index in [1.807, 2.05) is 0 Å². The number of rotatable bonds is 10. The summed E-state index contributed by atoms with van der Waals surface area (Å²) in [6, 6.07) is 0. The first-order chi connectivity index (χ1) is 21.0. The zero-order valence-corrected chi connectivity index (χ0v) is 28.3. The summed E-state index contributed by atoms with van der Waals surface area (Å²) in [6.07, 6.45) is -20.3. The van der Waals surface area contributed by atoms with Crippen molar-refractivity contribution in [2.75, 3.05) is 6.61 Å². The zero-order valence-electron chi connectivity index (χ0n) is 28.3. The normalized spacial score (nSPS) is 22.9. The number of aliphatic hydroxyl groups is 1. The standard InChI is InChI=1S/C16H23F5O5.C13H20F6O3/c1-7-12(4,5)11(23)26-13(6)8-24-15(14(13,17)18,16(19,20)21)25-10(22)9(2)3;1-6-10(4,5)9(20)22-8(7(2)3)11(21,12(14,15)16)13(17,18)19/h9H,7-8H2,1-6H3;7-8,21H,6H2,1-5H3. The molecule has 1 fully saturated rings. The predicted molar refractivity (Wildman–Crippen MR) is 145 cm³/mol. The van der Waals surface area contributed by atoms with E-state index in [-0.39, 0.29) is 12.8 Å². The molecule has 0 bridgehead atoms. The van der Waals surface area contributed by atoms with Gasteiger partial charge in [0.15, 0.2) is 6.10 Å². The Hall–Kier alpha value is -2.44. The minimum absolute atomic E-state index is 0.146. The molecule has 48 heavy (non-hydrogen) atoms. The van der Waals surface area contributed by atoms with Gasteiger partial charge in [0.05, 0.1) is 23.4 Å². The van der Waals surface area contributed by atoms with Crippen molar-refractivity contribution >= 4 is 17.9 Å². The topological polar surface area (TPSA) is 108 Å². The number of alkyl halides is 11. The molecule has 0 aliphatic carbocycles. The summed E-state index contributed by atoms with van der Waals surface area (Å²) >= 11 is 0. The Balaban J connectivity index is 0.000000935. The van der Waals surface area contributed by atoms with Crippen LogP contribution >= 0.6 is 0 Å². The summed E-state index contributed by atoms with van der Waals surface area (Å²) in [4.78, 5) is 35.6. The van der Waals surface area contributed by atoms with E-state index in [9.17, 15) is 67.8 Å². The maximum atomic E-state index is 14.9. The van der Waals surface area contributed by atoms with Crippen LogP contribution in [0.15, 0.2) is 0 Å². The number of hydrogen-bond donors (Lipinski definition) is 1. The minimum Gasteiger partial charge on any atom is -0.458 e. The summed E-state index contributed by atoms with van der Waals surface area (Å²) in [6.45, 7) is 12.3. The molecule has 0 aromatic rings. The fourth-order valence-corrected chi connectivity index (χ4v) is 3.63. The smallest absolute Gasteiger partial charge is 0.458 e. The maximum absolute atomic E-state index is 14.9. The van der Waals surface area contributed by atoms with Crippen molar-refractivity contribution < 1.29 is 86.7 Å². The van der Waals surface area contributed by atoms with E-state index in [0.29, 0.717) is 6.92 Å². The lowest BCUT2D eigenvalue weighted by atomic mass is 9.85. The molecule has 0 radical (unpaired) electrons. The van der Waals surface area contributed by atoms with Gasteiger partial charge in [-0.1, -0.05) is 41.5 Å². The highest BCUT2D eigenvalue weighted by Gasteiger charge is 2.86. The van der Waals surface area contributed by atoms with Gasteiger partial charge < -0.3 is 24.1 Å². The number of esters is 3. The third-order valence-corrected chi connectivity index (χ3v) is 8.02. The molecule has 1 heterocycles. The van der Waals surface area contributed by atoms with Crippen molar-refractivity contribution in [3.63, 3.8) is 0 Å². The van der Waals surface area contributed by atoms with Crippen LogP contribution in [0.2, 0.25) is 0 Å². The number of carbonyl (C=O) groups is 3. The van der Waals surface area contributed by atoms with Crippen LogP contribution < -0.4 is 0 Å². The molecule has 3 atom stereocenters. The molecule has 1 aliphatic heterocycles. The van der Waals surface area contributed by atoms with Gasteiger partial charge in [0.25, 0.3) is 5.60 Å². The second-order valence-electron chi connectivity index (χ2n) is 13.5. The lowest BCUT2D eigenvalue weighted by Crippen LogP contribution is -2.66. The molecule has 1 rings (SSSR count). The van der Waals surface area contributed by atoms with Gasteiger partial charge in [0.1, 0.15) is 0 Å². The Morgan fingerprint density at radius 1 is 0.771 bits per heavy atom. The zero-order chi connectivity index (χ0) is 38.9. The second-order valence-corrected chi connectivity index (χ2v) is 13.5. The monoisotopic (exact) mass is 728 g/mol. The maximum Gasteiger partial charge on any atom is 0.462 e. The summed E-state index contributed by atoms with van der Waals surface area (Å²) in [5.74, 6) is -15.8. The summed E-state index contributed by atoms with van der Waals surface area (Å²) in [7, 11) is 0. The van der Waals surface area contributed by atoms with E-state index in [1.54, 1.807) is 6.92 Å². The number of hydrogen-bond acceptors (Lipinski definition) is 8. The van der Waals surface area contributed by atoms with Crippen molar-refractivity contribution in [1.29, 1.82) is 0 Å². The molecule has 0 spiro atoms. The summed E-state index contributed by atoms with van der Waals surface area (Å²) in [5, 5.41) is 9.37. The SMILES string of the molecule is CCC(C)(C)C(=O)OC(C(C)C)C(O)(C(F)(F)F)C(F)(F)F.CCC(C)(C)C(=O)OC1(C)COC(OC(=O)C(C)C)(C(F)(F)F)C1(F)F. The first-order valence-electron chi connectivity index (χ1n) is 14.6. The van der Waals surface area contributed by atoms with Gasteiger partial charge in [-0.05, 0) is 53.4 Å². The first-order valence-corrected chi connectivity index (χ1v) is 14.6. The van der Waals surface area contributed by atoms with Gasteiger partial charge in [-0.15, -0.1) is 0 Å². The van der Waals surface area contributed by atoms with Crippen molar-refractivity contribution in [2.24, 2.45) is 22.7 Å². The summed E-state index contributed by atoms with van der Waals surface area (Å²) in [5.41, 5.74) is -10.6. The largest absolute Gasteiger partial charge is 0.462 e. The van der Waals surface area contributed by atoms with Crippen molar-refractivity contribution in [3.05, 3.63) is 0 Å². The molecule has 8 nitrogen and oxygen atoms in total. The van der Waals surface area contributed by atoms with Crippen LogP contribution in [0.5, 0.6) is 0 Å². The van der Waals surface area contributed by atoms with Crippen LogP contribution in [-0.2, 0) is 33.3 Å². The van der Waals surface area contributed by atoms with E-state index in [0.717, 1.165) is 13.8 Å². The Morgan fingerprint density at radius 3 is 1.48 bits per heavy atom. The van der Waals surface area contributed by atoms with E-state index >= 15 is 0 Å². The minimum atomic E-state index is -6.04. The molecule has 3 unspecified atom stereocenters. The first kappa shape index (κ1) is 45.6. The molecule has 1 N–H and O–H groups in total. The number of halogens is 11. The van der Waals surface area contributed by atoms with Crippen LogP contribution in [0.4, 0.5) is 48.3 Å². The van der Waals surface area contributed by atoms with Crippen LogP contribution in [0.1, 0.15) is 89.0 Å². The van der Waals surface area contributed by atoms with Gasteiger partial charge in [-0.2, -0.15) is 48.3 Å². The van der Waals surface area contributed by atoms with Crippen LogP contribution in [0, 0.1) is 22.7 Å². The lowest BCUT2D eigenvalue weighted by molar-refractivity contribution is -0.410. The van der Waals surface area contributed by atoms with Gasteiger partial charge in [-0.25, -0.2) is 0 Å². The van der Waals surface area contributed by atoms with E-state index in [2.05, 4.69) is 14.2 Å². The van der Waals surface area contributed by atoms with Gasteiger partial charge in [0, 0.05) is 0 Å². The third kappa shape index (κ3) is 8.64. The lowest BCUT2D eigenvalue weighted by Gasteiger charge is -2.40. The Labute approximate surface area is 271 Å². The number of carbonyl (C=O) groups excluding carboxylic acids is 3. The van der Waals surface area contributed by atoms with Gasteiger partial charge in [-0.3, -0.25) is 14.4 Å². The van der Waals surface area contributed by atoms with Crippen molar-refractivity contribution in [1.82, 2.24) is 0 Å². The van der Waals surface area contributed by atoms with Crippen molar-refractivity contribution in [3.8, 4) is 0 Å². The fraction of sp³-hybridized carbons (Fsp3) is 0.897. The Kier molecular flexibility index (Phi) is 13.7. The van der Waals surface area contributed by atoms with Crippen molar-refractivity contribution in [2.45, 2.75) is 137 Å². The molecule has 284 valence electrons. The van der Waals surface area contributed by atoms with E-state index in [4.69, 9.17) is 4.74 Å². The van der Waals surface area contributed by atoms with Crippen LogP contribution in [0.3, 0.4) is 0 Å². The highest BCUT2D eigenvalue weighted by Crippen LogP contribution is 2.57. The van der Waals surface area contributed by atoms with Gasteiger partial charge in [0.2, 0.25) is 5.60 Å². The third-order valence-electron chi connectivity index (χ3n) is 8.02. The summed E-state index contributed by atoms with van der Waals surface area (Å²) < 4.78 is 165. The molecule has 0 saturated carbocycles. The molecular weight excluding hydrogens is 685 g/mol. The molecule has 1 saturated heterocycles. The highest BCUT2D eigenvalue weighted by molar-refractivity contribution is 5.77. The Bertz CT molecular complexity index is 1130. The fourth-order valence-electron chi connectivity index (χ4n) is 3.63. The van der Waals surface area contributed by atoms with Crippen LogP contribution in [-0.4, -0.2) is 77.2 Å². The van der Waals surface area contributed by atoms with E-state index < -0.39 is 94.7 Å². The van der Waals surface area contributed by atoms with E-state index in [1.165, 1.54) is 48.5 Å². The molecule has 0 aromatic heterocycles. The highest BCUT2D eigenvalue weighted by atomic mass is 19.4. The van der Waals surface area contributed by atoms with Gasteiger partial charge >= 0.3 is 48.1 Å². The molecule has 1 aliphatic rings. The molecule has 0 aromatic carbocycles. The Morgan fingerprint density at radius 2 is 1.17 bits per heavy atom. The quantitative estimate of drug-likeness (QED) is 0.139. The average Bonchev–Trinajstić information content (AvgIpc) is 3.10. The number of ether oxygens (including phenoxy) is 4. The predicted octanol–water partition coefficient (Wildman–Crippen LogP) is 7.69. The molecule has 0 amide bonds. The average molecular weight is 729 g/mol. The second kappa shape index (κ2) is 14.4. The molecule has 19 heteroatoms.